The number of halogens is 3. The van der Waals surface area contributed by atoms with Crippen LogP contribution in [0.3, 0.4) is 0 Å². The highest BCUT2D eigenvalue weighted by Gasteiger charge is 2.31. The molecular formula is C9H7F3N2OS. The summed E-state index contributed by atoms with van der Waals surface area (Å²) < 4.78 is 41.7. The average molecular weight is 248 g/mol. The highest BCUT2D eigenvalue weighted by Crippen LogP contribution is 2.24. The van der Waals surface area contributed by atoms with E-state index in [4.69, 9.17) is 12.2 Å². The van der Waals surface area contributed by atoms with E-state index >= 15 is 0 Å². The molecule has 3 nitrogen and oxygen atoms in total. The Morgan fingerprint density at radius 1 is 1.25 bits per heavy atom. The zero-order valence-corrected chi connectivity index (χ0v) is 8.71. The SMILES string of the molecule is FCC(F)(F)Oc1ccc2[nH]c(=S)[nH]c2c1. The molecule has 0 aliphatic rings. The normalized spacial score (nSPS) is 11.9. The predicted molar refractivity (Wildman–Crippen MR) is 55.0 cm³/mol. The molecule has 0 radical (unpaired) electrons. The Balaban J connectivity index is 2.36. The standard InChI is InChI=1S/C9H7F3N2OS/c10-4-9(11,12)15-5-1-2-6-7(3-5)14-8(16)13-6/h1-3H,4H2,(H2,13,14,16). The minimum Gasteiger partial charge on any atom is -0.431 e. The van der Waals surface area contributed by atoms with Crippen molar-refractivity contribution in [2.24, 2.45) is 0 Å². The van der Waals surface area contributed by atoms with Gasteiger partial charge in [-0.2, -0.15) is 8.78 Å². The zero-order valence-electron chi connectivity index (χ0n) is 7.89. The van der Waals surface area contributed by atoms with Gasteiger partial charge in [-0.25, -0.2) is 4.39 Å². The van der Waals surface area contributed by atoms with Crippen LogP contribution in [0.5, 0.6) is 5.75 Å². The topological polar surface area (TPSA) is 40.8 Å². The first-order valence-electron chi connectivity index (χ1n) is 4.35. The van der Waals surface area contributed by atoms with Crippen molar-refractivity contribution >= 4 is 23.3 Å². The van der Waals surface area contributed by atoms with Crippen LogP contribution in [0.15, 0.2) is 18.2 Å². The van der Waals surface area contributed by atoms with Gasteiger partial charge in [0, 0.05) is 6.07 Å². The lowest BCUT2D eigenvalue weighted by Crippen LogP contribution is -2.26. The molecule has 2 aromatic rings. The molecule has 86 valence electrons. The minimum atomic E-state index is -3.80. The number of fused-ring (bicyclic) bond motifs is 1. The summed E-state index contributed by atoms with van der Waals surface area (Å²) >= 11 is 4.83. The summed E-state index contributed by atoms with van der Waals surface area (Å²) in [7, 11) is 0. The van der Waals surface area contributed by atoms with Crippen molar-refractivity contribution in [1.82, 2.24) is 9.97 Å². The predicted octanol–water partition coefficient (Wildman–Crippen LogP) is 3.17. The third-order valence-corrected chi connectivity index (χ3v) is 2.11. The van der Waals surface area contributed by atoms with E-state index in [1.54, 1.807) is 0 Å². The second kappa shape index (κ2) is 3.82. The van der Waals surface area contributed by atoms with Crippen LogP contribution < -0.4 is 4.74 Å². The van der Waals surface area contributed by atoms with Crippen molar-refractivity contribution in [3.8, 4) is 5.75 Å². The summed E-state index contributed by atoms with van der Waals surface area (Å²) in [6, 6.07) is 4.15. The Kier molecular flexibility index (Phi) is 2.63. The maximum atomic E-state index is 12.6. The summed E-state index contributed by atoms with van der Waals surface area (Å²) in [6.45, 7) is -1.87. The van der Waals surface area contributed by atoms with E-state index in [9.17, 15) is 13.2 Å². The first kappa shape index (κ1) is 11.0. The van der Waals surface area contributed by atoms with Gasteiger partial charge in [0.15, 0.2) is 11.4 Å². The summed E-state index contributed by atoms with van der Waals surface area (Å²) in [5.41, 5.74) is 1.19. The Morgan fingerprint density at radius 2 is 1.94 bits per heavy atom. The van der Waals surface area contributed by atoms with Crippen LogP contribution in [0, 0.1) is 4.77 Å². The largest absolute Gasteiger partial charge is 0.431 e. The number of H-pyrrole nitrogens is 2. The van der Waals surface area contributed by atoms with E-state index in [1.165, 1.54) is 18.2 Å². The highest BCUT2D eigenvalue weighted by molar-refractivity contribution is 7.71. The number of imidazole rings is 1. The van der Waals surface area contributed by atoms with E-state index in [0.717, 1.165) is 0 Å². The van der Waals surface area contributed by atoms with Crippen molar-refractivity contribution in [3.63, 3.8) is 0 Å². The number of hydrogen-bond acceptors (Lipinski definition) is 2. The number of nitrogens with one attached hydrogen (secondary N) is 2. The lowest BCUT2D eigenvalue weighted by molar-refractivity contribution is -0.186. The maximum Gasteiger partial charge on any atom is 0.427 e. The smallest absolute Gasteiger partial charge is 0.427 e. The van der Waals surface area contributed by atoms with Crippen molar-refractivity contribution < 1.29 is 17.9 Å². The number of aromatic amines is 2. The molecule has 0 fully saturated rings. The molecule has 1 aromatic heterocycles. The number of rotatable bonds is 3. The second-order valence-corrected chi connectivity index (χ2v) is 3.57. The van der Waals surface area contributed by atoms with Gasteiger partial charge in [0.1, 0.15) is 5.75 Å². The van der Waals surface area contributed by atoms with E-state index in [-0.39, 0.29) is 5.75 Å². The third kappa shape index (κ3) is 2.19. The molecule has 16 heavy (non-hydrogen) atoms. The Bertz CT molecular complexity index is 563. The molecule has 0 aliphatic carbocycles. The molecule has 0 saturated carbocycles. The van der Waals surface area contributed by atoms with Gasteiger partial charge in [-0.3, -0.25) is 0 Å². The Labute approximate surface area is 93.2 Å². The first-order chi connectivity index (χ1) is 7.50. The van der Waals surface area contributed by atoms with Crippen molar-refractivity contribution in [2.75, 3.05) is 6.67 Å². The molecule has 0 aliphatic heterocycles. The average Bonchev–Trinajstić information content (AvgIpc) is 2.57. The Hall–Kier alpha value is -1.50. The van der Waals surface area contributed by atoms with E-state index in [2.05, 4.69) is 14.7 Å². The van der Waals surface area contributed by atoms with Crippen LogP contribution in [0.25, 0.3) is 11.0 Å². The number of benzene rings is 1. The molecule has 2 rings (SSSR count). The molecule has 0 atom stereocenters. The lowest BCUT2D eigenvalue weighted by atomic mass is 10.3. The summed E-state index contributed by atoms with van der Waals surface area (Å²) in [5, 5.41) is 0. The van der Waals surface area contributed by atoms with Crippen LogP contribution in [-0.2, 0) is 0 Å². The van der Waals surface area contributed by atoms with Gasteiger partial charge >= 0.3 is 6.11 Å². The Morgan fingerprint density at radius 3 is 2.62 bits per heavy atom. The monoisotopic (exact) mass is 248 g/mol. The summed E-state index contributed by atoms with van der Waals surface area (Å²) in [4.78, 5) is 5.55. The van der Waals surface area contributed by atoms with Crippen LogP contribution in [0.2, 0.25) is 0 Å². The molecular weight excluding hydrogens is 241 g/mol. The van der Waals surface area contributed by atoms with Crippen LogP contribution in [-0.4, -0.2) is 22.8 Å². The van der Waals surface area contributed by atoms with Crippen LogP contribution >= 0.6 is 12.2 Å². The van der Waals surface area contributed by atoms with Crippen molar-refractivity contribution in [3.05, 3.63) is 23.0 Å². The van der Waals surface area contributed by atoms with Crippen LogP contribution in [0.4, 0.5) is 13.2 Å². The van der Waals surface area contributed by atoms with Crippen molar-refractivity contribution in [2.45, 2.75) is 6.11 Å². The van der Waals surface area contributed by atoms with Gasteiger partial charge < -0.3 is 14.7 Å². The fraction of sp³-hybridized carbons (Fsp3) is 0.222. The van der Waals surface area contributed by atoms with Gasteiger partial charge in [0.05, 0.1) is 11.0 Å². The second-order valence-electron chi connectivity index (χ2n) is 3.16. The molecule has 7 heteroatoms. The lowest BCUT2D eigenvalue weighted by Gasteiger charge is -2.13. The minimum absolute atomic E-state index is 0.125. The molecule has 0 amide bonds. The number of hydrogen-bond donors (Lipinski definition) is 2. The third-order valence-electron chi connectivity index (χ3n) is 1.91. The van der Waals surface area contributed by atoms with Crippen LogP contribution in [0.1, 0.15) is 0 Å². The molecule has 0 saturated heterocycles. The number of ether oxygens (including phenoxy) is 1. The molecule has 0 spiro atoms. The van der Waals surface area contributed by atoms with E-state index < -0.39 is 12.8 Å². The summed E-state index contributed by atoms with van der Waals surface area (Å²) in [5.74, 6) is -0.125. The fourth-order valence-electron chi connectivity index (χ4n) is 1.27. The van der Waals surface area contributed by atoms with E-state index in [1.807, 2.05) is 0 Å². The maximum absolute atomic E-state index is 12.6. The van der Waals surface area contributed by atoms with Gasteiger partial charge in [0.25, 0.3) is 0 Å². The molecule has 1 aromatic carbocycles. The molecule has 0 unspecified atom stereocenters. The van der Waals surface area contributed by atoms with E-state index in [0.29, 0.717) is 15.8 Å². The van der Waals surface area contributed by atoms with Gasteiger partial charge in [0.2, 0.25) is 0 Å². The van der Waals surface area contributed by atoms with Crippen molar-refractivity contribution in [1.29, 1.82) is 0 Å². The quantitative estimate of drug-likeness (QED) is 0.819. The zero-order chi connectivity index (χ0) is 11.8. The first-order valence-corrected chi connectivity index (χ1v) is 4.76. The molecule has 0 bridgehead atoms. The van der Waals surface area contributed by atoms with Gasteiger partial charge in [-0.05, 0) is 24.4 Å². The number of alkyl halides is 3. The number of aromatic nitrogens is 2. The summed E-state index contributed by atoms with van der Waals surface area (Å²) in [6.07, 6.45) is -3.80. The van der Waals surface area contributed by atoms with Gasteiger partial charge in [-0.15, -0.1) is 0 Å². The molecule has 2 N–H and O–H groups in total. The van der Waals surface area contributed by atoms with Gasteiger partial charge in [-0.1, -0.05) is 0 Å². The highest BCUT2D eigenvalue weighted by atomic mass is 32.1. The molecule has 1 heterocycles. The fourth-order valence-corrected chi connectivity index (χ4v) is 1.49.